The standard InChI is InChI=1S/C14H18F2N4O2/c1-9-11(10(2)22-18-9)4-5-13(21)19(3)8-12-17-6-7-20(12)14(15)16/h6-7,14H,4-5,8H2,1-3H3. The molecular formula is C14H18F2N4O2. The normalized spacial score (nSPS) is 11.2. The molecule has 0 aromatic carbocycles. The molecule has 0 N–H and O–H groups in total. The summed E-state index contributed by atoms with van der Waals surface area (Å²) in [5.74, 6) is 0.702. The van der Waals surface area contributed by atoms with Crippen LogP contribution in [0.2, 0.25) is 0 Å². The van der Waals surface area contributed by atoms with E-state index in [1.807, 2.05) is 6.92 Å². The molecule has 0 saturated carbocycles. The zero-order valence-electron chi connectivity index (χ0n) is 12.7. The van der Waals surface area contributed by atoms with Crippen molar-refractivity contribution in [2.75, 3.05) is 7.05 Å². The van der Waals surface area contributed by atoms with Gasteiger partial charge in [0, 0.05) is 31.4 Å². The number of aromatic nitrogens is 3. The van der Waals surface area contributed by atoms with Crippen molar-refractivity contribution in [3.8, 4) is 0 Å². The summed E-state index contributed by atoms with van der Waals surface area (Å²) >= 11 is 0. The lowest BCUT2D eigenvalue weighted by atomic mass is 10.1. The third-order valence-electron chi connectivity index (χ3n) is 3.53. The minimum Gasteiger partial charge on any atom is -0.361 e. The van der Waals surface area contributed by atoms with Gasteiger partial charge in [0.1, 0.15) is 11.6 Å². The Balaban J connectivity index is 1.94. The van der Waals surface area contributed by atoms with Crippen molar-refractivity contribution < 1.29 is 18.1 Å². The van der Waals surface area contributed by atoms with Crippen LogP contribution in [0.3, 0.4) is 0 Å². The van der Waals surface area contributed by atoms with Gasteiger partial charge in [-0.1, -0.05) is 5.16 Å². The summed E-state index contributed by atoms with van der Waals surface area (Å²) in [7, 11) is 1.57. The summed E-state index contributed by atoms with van der Waals surface area (Å²) in [5.41, 5.74) is 1.68. The fourth-order valence-corrected chi connectivity index (χ4v) is 2.23. The highest BCUT2D eigenvalue weighted by Crippen LogP contribution is 2.16. The molecule has 8 heteroatoms. The molecule has 2 aromatic rings. The van der Waals surface area contributed by atoms with Gasteiger partial charge >= 0.3 is 6.55 Å². The summed E-state index contributed by atoms with van der Waals surface area (Å²) in [4.78, 5) is 17.4. The molecule has 0 unspecified atom stereocenters. The number of aryl methyl sites for hydroxylation is 2. The van der Waals surface area contributed by atoms with Gasteiger partial charge in [0.2, 0.25) is 5.91 Å². The molecule has 1 amide bonds. The van der Waals surface area contributed by atoms with Gasteiger partial charge in [-0.2, -0.15) is 8.78 Å². The lowest BCUT2D eigenvalue weighted by Gasteiger charge is -2.17. The van der Waals surface area contributed by atoms with Crippen LogP contribution in [0.1, 0.15) is 35.8 Å². The molecule has 120 valence electrons. The second kappa shape index (κ2) is 6.67. The summed E-state index contributed by atoms with van der Waals surface area (Å²) in [5, 5.41) is 3.83. The quantitative estimate of drug-likeness (QED) is 0.822. The number of hydrogen-bond acceptors (Lipinski definition) is 4. The Kier molecular flexibility index (Phi) is 4.89. The van der Waals surface area contributed by atoms with E-state index in [-0.39, 0.29) is 24.7 Å². The number of rotatable bonds is 6. The molecule has 2 rings (SSSR count). The molecule has 0 saturated heterocycles. The lowest BCUT2D eigenvalue weighted by Crippen LogP contribution is -2.28. The minimum atomic E-state index is -2.66. The van der Waals surface area contributed by atoms with Gasteiger partial charge in [-0.25, -0.2) is 4.98 Å². The van der Waals surface area contributed by atoms with Crippen molar-refractivity contribution in [3.05, 3.63) is 35.2 Å². The van der Waals surface area contributed by atoms with E-state index in [4.69, 9.17) is 4.52 Å². The number of imidazole rings is 1. The Morgan fingerprint density at radius 3 is 2.77 bits per heavy atom. The van der Waals surface area contributed by atoms with Crippen LogP contribution < -0.4 is 0 Å². The third kappa shape index (κ3) is 3.49. The number of nitrogens with zero attached hydrogens (tertiary/aromatic N) is 4. The Morgan fingerprint density at radius 2 is 2.18 bits per heavy atom. The molecule has 0 aliphatic heterocycles. The van der Waals surface area contributed by atoms with Gasteiger partial charge in [0.15, 0.2) is 0 Å². The first kappa shape index (κ1) is 16.1. The van der Waals surface area contributed by atoms with E-state index >= 15 is 0 Å². The molecule has 2 heterocycles. The molecule has 0 radical (unpaired) electrons. The van der Waals surface area contributed by atoms with Crippen LogP contribution in [-0.4, -0.2) is 32.6 Å². The summed E-state index contributed by atoms with van der Waals surface area (Å²) < 4.78 is 31.3. The van der Waals surface area contributed by atoms with Gasteiger partial charge in [-0.3, -0.25) is 9.36 Å². The van der Waals surface area contributed by atoms with E-state index in [9.17, 15) is 13.6 Å². The van der Waals surface area contributed by atoms with Crippen molar-refractivity contribution in [2.45, 2.75) is 39.8 Å². The Morgan fingerprint density at radius 1 is 1.45 bits per heavy atom. The van der Waals surface area contributed by atoms with E-state index in [1.54, 1.807) is 14.0 Å². The molecular weight excluding hydrogens is 294 g/mol. The maximum Gasteiger partial charge on any atom is 0.319 e. The maximum absolute atomic E-state index is 12.7. The number of amides is 1. The summed E-state index contributed by atoms with van der Waals surface area (Å²) in [6.45, 7) is 0.989. The van der Waals surface area contributed by atoms with Gasteiger partial charge in [0.25, 0.3) is 0 Å². The first-order chi connectivity index (χ1) is 10.4. The molecule has 0 spiro atoms. The zero-order valence-corrected chi connectivity index (χ0v) is 12.7. The SMILES string of the molecule is Cc1noc(C)c1CCC(=O)N(C)Cc1nccn1C(F)F. The summed E-state index contributed by atoms with van der Waals surface area (Å²) in [6, 6.07) is 0. The van der Waals surface area contributed by atoms with Crippen LogP contribution in [-0.2, 0) is 17.8 Å². The van der Waals surface area contributed by atoms with Crippen LogP contribution in [0.25, 0.3) is 0 Å². The van der Waals surface area contributed by atoms with Crippen molar-refractivity contribution in [2.24, 2.45) is 0 Å². The molecule has 0 atom stereocenters. The third-order valence-corrected chi connectivity index (χ3v) is 3.53. The van der Waals surface area contributed by atoms with E-state index in [0.717, 1.165) is 15.8 Å². The smallest absolute Gasteiger partial charge is 0.319 e. The molecule has 6 nitrogen and oxygen atoms in total. The number of alkyl halides is 2. The predicted octanol–water partition coefficient (Wildman–Crippen LogP) is 2.47. The second-order valence-electron chi connectivity index (χ2n) is 5.08. The highest BCUT2D eigenvalue weighted by molar-refractivity contribution is 5.76. The van der Waals surface area contributed by atoms with E-state index in [0.29, 0.717) is 12.2 Å². The van der Waals surface area contributed by atoms with E-state index < -0.39 is 6.55 Å². The highest BCUT2D eigenvalue weighted by atomic mass is 19.3. The Bertz CT molecular complexity index is 632. The second-order valence-corrected chi connectivity index (χ2v) is 5.08. The molecule has 22 heavy (non-hydrogen) atoms. The largest absolute Gasteiger partial charge is 0.361 e. The average molecular weight is 312 g/mol. The van der Waals surface area contributed by atoms with Crippen LogP contribution in [0.4, 0.5) is 8.78 Å². The van der Waals surface area contributed by atoms with Crippen LogP contribution in [0, 0.1) is 13.8 Å². The minimum absolute atomic E-state index is 0.0395. The molecule has 0 aliphatic rings. The lowest BCUT2D eigenvalue weighted by molar-refractivity contribution is -0.130. The fraction of sp³-hybridized carbons (Fsp3) is 0.500. The maximum atomic E-state index is 12.7. The van der Waals surface area contributed by atoms with Gasteiger partial charge in [0.05, 0.1) is 12.2 Å². The number of carbonyl (C=O) groups excluding carboxylic acids is 1. The van der Waals surface area contributed by atoms with Crippen molar-refractivity contribution in [3.63, 3.8) is 0 Å². The first-order valence-electron chi connectivity index (χ1n) is 6.85. The van der Waals surface area contributed by atoms with Crippen LogP contribution in [0.5, 0.6) is 0 Å². The number of carbonyl (C=O) groups is 1. The van der Waals surface area contributed by atoms with E-state index in [1.165, 1.54) is 17.3 Å². The van der Waals surface area contributed by atoms with Crippen LogP contribution >= 0.6 is 0 Å². The number of halogens is 2. The first-order valence-corrected chi connectivity index (χ1v) is 6.85. The average Bonchev–Trinajstić information content (AvgIpc) is 3.04. The predicted molar refractivity (Wildman–Crippen MR) is 74.3 cm³/mol. The van der Waals surface area contributed by atoms with E-state index in [2.05, 4.69) is 10.1 Å². The Hall–Kier alpha value is -2.25. The molecule has 0 aliphatic carbocycles. The van der Waals surface area contributed by atoms with Gasteiger partial charge in [-0.05, 0) is 20.3 Å². The molecule has 0 fully saturated rings. The highest BCUT2D eigenvalue weighted by Gasteiger charge is 2.17. The van der Waals surface area contributed by atoms with Gasteiger partial charge < -0.3 is 9.42 Å². The topological polar surface area (TPSA) is 64.2 Å². The monoisotopic (exact) mass is 312 g/mol. The summed E-state index contributed by atoms with van der Waals surface area (Å²) in [6.07, 6.45) is 3.26. The Labute approximate surface area is 126 Å². The number of hydrogen-bond donors (Lipinski definition) is 0. The van der Waals surface area contributed by atoms with Gasteiger partial charge in [-0.15, -0.1) is 0 Å². The molecule has 2 aromatic heterocycles. The molecule has 0 bridgehead atoms. The van der Waals surface area contributed by atoms with Crippen LogP contribution in [0.15, 0.2) is 16.9 Å². The zero-order chi connectivity index (χ0) is 16.3. The van der Waals surface area contributed by atoms with Crippen molar-refractivity contribution in [1.82, 2.24) is 19.6 Å². The van der Waals surface area contributed by atoms with Crippen molar-refractivity contribution in [1.29, 1.82) is 0 Å². The van der Waals surface area contributed by atoms with Crippen molar-refractivity contribution >= 4 is 5.91 Å². The fourth-order valence-electron chi connectivity index (χ4n) is 2.23.